The molecule has 0 radical (unpaired) electrons. The van der Waals surface area contributed by atoms with Crippen LogP contribution in [0, 0.1) is 19.8 Å². The third-order valence-electron chi connectivity index (χ3n) is 4.33. The second-order valence-electron chi connectivity index (χ2n) is 6.76. The predicted molar refractivity (Wildman–Crippen MR) is 106 cm³/mol. The number of benzene rings is 1. The second-order valence-corrected chi connectivity index (χ2v) is 7.69. The molecule has 0 unspecified atom stereocenters. The number of carbonyl (C=O) groups is 1. The van der Waals surface area contributed by atoms with Crippen molar-refractivity contribution in [3.05, 3.63) is 29.3 Å². The summed E-state index contributed by atoms with van der Waals surface area (Å²) >= 11 is 1.28. The number of hydrogen-bond donors (Lipinski definition) is 1. The van der Waals surface area contributed by atoms with Gasteiger partial charge in [0.25, 0.3) is 5.22 Å². The van der Waals surface area contributed by atoms with Crippen molar-refractivity contribution < 1.29 is 9.21 Å². The Morgan fingerprint density at radius 3 is 2.58 bits per heavy atom. The summed E-state index contributed by atoms with van der Waals surface area (Å²) in [4.78, 5) is 12.1. The molecule has 0 aliphatic rings. The molecule has 2 aromatic rings. The molecule has 0 saturated heterocycles. The van der Waals surface area contributed by atoms with Crippen molar-refractivity contribution in [1.82, 2.24) is 15.5 Å². The summed E-state index contributed by atoms with van der Waals surface area (Å²) in [6, 6.07) is 6.13. The topological polar surface area (TPSA) is 68.0 Å². The molecule has 1 aromatic carbocycles. The highest BCUT2D eigenvalue weighted by Gasteiger charge is 2.13. The predicted octanol–water partition coefficient (Wildman–Crippen LogP) is 4.78. The Kier molecular flexibility index (Phi) is 8.16. The average Bonchev–Trinajstić information content (AvgIpc) is 3.08. The average molecular weight is 376 g/mol. The Hall–Kier alpha value is -1.82. The molecule has 5 nitrogen and oxygen atoms in total. The summed E-state index contributed by atoms with van der Waals surface area (Å²) < 4.78 is 5.69. The van der Waals surface area contributed by atoms with Crippen molar-refractivity contribution in [2.75, 3.05) is 12.3 Å². The van der Waals surface area contributed by atoms with Crippen molar-refractivity contribution in [2.45, 2.75) is 58.6 Å². The molecule has 0 aliphatic heterocycles. The minimum Gasteiger partial charge on any atom is -0.411 e. The van der Waals surface area contributed by atoms with Crippen LogP contribution in [0.2, 0.25) is 0 Å². The Morgan fingerprint density at radius 1 is 1.19 bits per heavy atom. The van der Waals surface area contributed by atoms with Crippen LogP contribution in [0.3, 0.4) is 0 Å². The van der Waals surface area contributed by atoms with E-state index in [4.69, 9.17) is 4.42 Å². The molecule has 0 fully saturated rings. The monoisotopic (exact) mass is 375 g/mol. The van der Waals surface area contributed by atoms with E-state index in [-0.39, 0.29) is 5.91 Å². The van der Waals surface area contributed by atoms with Gasteiger partial charge in [0.2, 0.25) is 11.8 Å². The van der Waals surface area contributed by atoms with Gasteiger partial charge in [-0.25, -0.2) is 0 Å². The maximum Gasteiger partial charge on any atom is 0.277 e. The van der Waals surface area contributed by atoms with E-state index in [0.29, 0.717) is 22.8 Å². The number of hydrogen-bond acceptors (Lipinski definition) is 5. The van der Waals surface area contributed by atoms with Gasteiger partial charge in [0.05, 0.1) is 5.75 Å². The van der Waals surface area contributed by atoms with Gasteiger partial charge in [-0.15, -0.1) is 10.2 Å². The molecule has 0 aliphatic carbocycles. The molecule has 1 heterocycles. The van der Waals surface area contributed by atoms with Gasteiger partial charge in [0.1, 0.15) is 0 Å². The van der Waals surface area contributed by atoms with Crippen LogP contribution in [0.5, 0.6) is 0 Å². The second kappa shape index (κ2) is 10.4. The highest BCUT2D eigenvalue weighted by Crippen LogP contribution is 2.24. The molecule has 142 valence electrons. The number of nitrogens with zero attached hydrogens (tertiary/aromatic N) is 2. The third kappa shape index (κ3) is 6.48. The number of nitrogens with one attached hydrogen (secondary N) is 1. The van der Waals surface area contributed by atoms with Gasteiger partial charge in [-0.2, -0.15) is 0 Å². The normalized spacial score (nSPS) is 12.2. The lowest BCUT2D eigenvalue weighted by molar-refractivity contribution is -0.118. The Bertz CT molecular complexity index is 695. The highest BCUT2D eigenvalue weighted by molar-refractivity contribution is 7.99. The van der Waals surface area contributed by atoms with Crippen LogP contribution in [-0.4, -0.2) is 28.4 Å². The first-order valence-electron chi connectivity index (χ1n) is 9.33. The van der Waals surface area contributed by atoms with Gasteiger partial charge in [-0.3, -0.25) is 4.79 Å². The van der Waals surface area contributed by atoms with Crippen molar-refractivity contribution in [2.24, 2.45) is 5.92 Å². The molecule has 1 amide bonds. The van der Waals surface area contributed by atoms with E-state index >= 15 is 0 Å². The zero-order valence-corrected chi connectivity index (χ0v) is 17.0. The van der Waals surface area contributed by atoms with Crippen molar-refractivity contribution in [1.29, 1.82) is 0 Å². The van der Waals surface area contributed by atoms with Gasteiger partial charge in [0, 0.05) is 12.1 Å². The third-order valence-corrected chi connectivity index (χ3v) is 5.15. The van der Waals surface area contributed by atoms with Crippen LogP contribution < -0.4 is 5.32 Å². The molecule has 1 aromatic heterocycles. The quantitative estimate of drug-likeness (QED) is 0.605. The summed E-state index contributed by atoms with van der Waals surface area (Å²) in [6.07, 6.45) is 4.67. The highest BCUT2D eigenvalue weighted by atomic mass is 32.2. The number of rotatable bonds is 10. The van der Waals surface area contributed by atoms with Crippen LogP contribution in [0.1, 0.15) is 50.7 Å². The molecule has 0 saturated carbocycles. The van der Waals surface area contributed by atoms with Crippen LogP contribution in [0.15, 0.2) is 27.8 Å². The van der Waals surface area contributed by atoms with Crippen LogP contribution in [-0.2, 0) is 4.79 Å². The minimum absolute atomic E-state index is 0.0103. The molecule has 1 N–H and O–H groups in total. The Morgan fingerprint density at radius 2 is 1.92 bits per heavy atom. The SMILES string of the molecule is CCCC[C@H](CC)CNC(=O)CSc1nnc(-c2cc(C)cc(C)c2)o1. The van der Waals surface area contributed by atoms with E-state index in [9.17, 15) is 4.79 Å². The maximum atomic E-state index is 12.1. The van der Waals surface area contributed by atoms with Gasteiger partial charge in [-0.05, 0) is 38.3 Å². The first-order valence-corrected chi connectivity index (χ1v) is 10.3. The van der Waals surface area contributed by atoms with E-state index in [1.165, 1.54) is 31.0 Å². The summed E-state index contributed by atoms with van der Waals surface area (Å²) in [5, 5.41) is 11.6. The van der Waals surface area contributed by atoms with Crippen molar-refractivity contribution >= 4 is 17.7 Å². The summed E-state index contributed by atoms with van der Waals surface area (Å²) in [7, 11) is 0. The standard InChI is InChI=1S/C20H29N3O2S/c1-5-7-8-16(6-2)12-21-18(24)13-26-20-23-22-19(25-20)17-10-14(3)9-15(4)11-17/h9-11,16H,5-8,12-13H2,1-4H3,(H,21,24)/t16-/m0/s1. The zero-order chi connectivity index (χ0) is 18.9. The van der Waals surface area contributed by atoms with E-state index in [2.05, 4.69) is 35.4 Å². The van der Waals surface area contributed by atoms with E-state index in [1.54, 1.807) is 0 Å². The van der Waals surface area contributed by atoms with Gasteiger partial charge in [0.15, 0.2) is 0 Å². The van der Waals surface area contributed by atoms with E-state index in [1.807, 2.05) is 26.0 Å². The number of carbonyl (C=O) groups excluding carboxylic acids is 1. The maximum absolute atomic E-state index is 12.1. The summed E-state index contributed by atoms with van der Waals surface area (Å²) in [6.45, 7) is 9.19. The molecule has 26 heavy (non-hydrogen) atoms. The molecule has 0 spiro atoms. The zero-order valence-electron chi connectivity index (χ0n) is 16.2. The lowest BCUT2D eigenvalue weighted by Gasteiger charge is -2.14. The largest absolute Gasteiger partial charge is 0.411 e. The number of aromatic nitrogens is 2. The molecule has 2 rings (SSSR count). The summed E-state index contributed by atoms with van der Waals surface area (Å²) in [5.41, 5.74) is 3.22. The Balaban J connectivity index is 1.82. The number of aryl methyl sites for hydroxylation is 2. The minimum atomic E-state index is 0.0103. The Labute approximate surface area is 160 Å². The fraction of sp³-hybridized carbons (Fsp3) is 0.550. The fourth-order valence-electron chi connectivity index (χ4n) is 2.86. The first-order chi connectivity index (χ1) is 12.5. The molecule has 6 heteroatoms. The van der Waals surface area contributed by atoms with Crippen LogP contribution in [0.4, 0.5) is 0 Å². The van der Waals surface area contributed by atoms with Gasteiger partial charge < -0.3 is 9.73 Å². The van der Waals surface area contributed by atoms with E-state index in [0.717, 1.165) is 29.7 Å². The first kappa shape index (κ1) is 20.5. The lowest BCUT2D eigenvalue weighted by Crippen LogP contribution is -2.30. The van der Waals surface area contributed by atoms with Crippen LogP contribution >= 0.6 is 11.8 Å². The number of thioether (sulfide) groups is 1. The van der Waals surface area contributed by atoms with Gasteiger partial charge in [-0.1, -0.05) is 62.1 Å². The molecular weight excluding hydrogens is 346 g/mol. The fourth-order valence-corrected chi connectivity index (χ4v) is 3.46. The summed E-state index contributed by atoms with van der Waals surface area (Å²) in [5.74, 6) is 1.35. The van der Waals surface area contributed by atoms with Crippen molar-refractivity contribution in [3.8, 4) is 11.5 Å². The van der Waals surface area contributed by atoms with E-state index < -0.39 is 0 Å². The number of amides is 1. The molecular formula is C20H29N3O2S. The molecule has 1 atom stereocenters. The molecule has 0 bridgehead atoms. The van der Waals surface area contributed by atoms with Gasteiger partial charge >= 0.3 is 0 Å². The van der Waals surface area contributed by atoms with Crippen LogP contribution in [0.25, 0.3) is 11.5 Å². The van der Waals surface area contributed by atoms with Crippen molar-refractivity contribution in [3.63, 3.8) is 0 Å². The lowest BCUT2D eigenvalue weighted by atomic mass is 9.99. The smallest absolute Gasteiger partial charge is 0.277 e. The number of unbranched alkanes of at least 4 members (excludes halogenated alkanes) is 1.